The van der Waals surface area contributed by atoms with Crippen molar-refractivity contribution in [3.05, 3.63) is 12.3 Å². The lowest BCUT2D eigenvalue weighted by Gasteiger charge is -2.07. The quantitative estimate of drug-likeness (QED) is 0.561. The van der Waals surface area contributed by atoms with Crippen LogP contribution in [0.15, 0.2) is 12.3 Å². The second-order valence-corrected chi connectivity index (χ2v) is 3.77. The van der Waals surface area contributed by atoms with E-state index in [0.717, 1.165) is 5.70 Å². The molecule has 2 nitrogen and oxygen atoms in total. The number of rotatable bonds is 0. The Bertz CT molecular complexity index is 236. The lowest BCUT2D eigenvalue weighted by Crippen LogP contribution is -2.32. The third-order valence-corrected chi connectivity index (χ3v) is 3.30. The molecule has 0 aromatic rings. The van der Waals surface area contributed by atoms with Crippen LogP contribution in [-0.4, -0.2) is 11.3 Å². The number of carbonyl (C=O) groups is 1. The van der Waals surface area contributed by atoms with Gasteiger partial charge in [-0.2, -0.15) is 0 Å². The Morgan fingerprint density at radius 1 is 1.55 bits per heavy atom. The lowest BCUT2D eigenvalue weighted by atomic mass is 10.1. The van der Waals surface area contributed by atoms with Gasteiger partial charge in [0.1, 0.15) is 5.54 Å². The number of Topliss-reactive ketones (excluding diaryl/α,β-unsaturated/α-hetero) is 1. The summed E-state index contributed by atoms with van der Waals surface area (Å²) in [6.07, 6.45) is 0.536. The summed E-state index contributed by atoms with van der Waals surface area (Å²) < 4.78 is 0. The summed E-state index contributed by atoms with van der Waals surface area (Å²) in [6.45, 7) is 8.02. The van der Waals surface area contributed by atoms with Crippen LogP contribution in [0.2, 0.25) is 0 Å². The molecule has 1 aliphatic carbocycles. The second-order valence-electron chi connectivity index (χ2n) is 3.77. The van der Waals surface area contributed by atoms with Crippen LogP contribution in [0.5, 0.6) is 0 Å². The molecular formula is C9H13NO. The van der Waals surface area contributed by atoms with E-state index in [-0.39, 0.29) is 5.54 Å². The summed E-state index contributed by atoms with van der Waals surface area (Å²) in [6, 6.07) is 0. The van der Waals surface area contributed by atoms with E-state index in [9.17, 15) is 4.79 Å². The van der Waals surface area contributed by atoms with Gasteiger partial charge in [-0.05, 0) is 11.8 Å². The van der Waals surface area contributed by atoms with Crippen LogP contribution in [0.3, 0.4) is 0 Å². The molecule has 2 unspecified atom stereocenters. The topological polar surface area (TPSA) is 29.1 Å². The Hall–Kier alpha value is -0.790. The van der Waals surface area contributed by atoms with Gasteiger partial charge in [-0.15, -0.1) is 0 Å². The van der Waals surface area contributed by atoms with Gasteiger partial charge in [-0.1, -0.05) is 20.4 Å². The Balaban J connectivity index is 2.30. The molecule has 1 saturated carbocycles. The maximum Gasteiger partial charge on any atom is 0.164 e. The standard InChI is InChI=1S/C9H13NO/c1-5-4-8(11)9(10-5)6(2)7(9)3/h6-7,10H,1,4H2,2-3H3. The average molecular weight is 151 g/mol. The monoisotopic (exact) mass is 151 g/mol. The first-order valence-electron chi connectivity index (χ1n) is 4.08. The molecule has 2 heteroatoms. The summed E-state index contributed by atoms with van der Waals surface area (Å²) in [7, 11) is 0. The maximum absolute atomic E-state index is 11.5. The molecule has 2 rings (SSSR count). The van der Waals surface area contributed by atoms with Crippen molar-refractivity contribution in [3.8, 4) is 0 Å². The molecule has 0 aromatic carbocycles. The van der Waals surface area contributed by atoms with Gasteiger partial charge in [-0.3, -0.25) is 4.79 Å². The molecule has 2 atom stereocenters. The summed E-state index contributed by atoms with van der Waals surface area (Å²) in [5, 5.41) is 3.21. The van der Waals surface area contributed by atoms with E-state index in [4.69, 9.17) is 0 Å². The molecule has 1 N–H and O–H groups in total. The molecule has 1 heterocycles. The van der Waals surface area contributed by atoms with E-state index in [1.807, 2.05) is 0 Å². The molecule has 11 heavy (non-hydrogen) atoms. The number of allylic oxidation sites excluding steroid dienone is 1. The van der Waals surface area contributed by atoms with Gasteiger partial charge < -0.3 is 5.32 Å². The minimum atomic E-state index is -0.197. The van der Waals surface area contributed by atoms with Crippen LogP contribution in [-0.2, 0) is 4.79 Å². The van der Waals surface area contributed by atoms with Gasteiger partial charge in [0, 0.05) is 12.1 Å². The van der Waals surface area contributed by atoms with Gasteiger partial charge in [0.25, 0.3) is 0 Å². The van der Waals surface area contributed by atoms with Crippen molar-refractivity contribution in [2.75, 3.05) is 0 Å². The van der Waals surface area contributed by atoms with E-state index < -0.39 is 0 Å². The highest BCUT2D eigenvalue weighted by Gasteiger charge is 2.66. The van der Waals surface area contributed by atoms with Gasteiger partial charge in [-0.25, -0.2) is 0 Å². The molecule has 0 radical (unpaired) electrons. The fourth-order valence-corrected chi connectivity index (χ4v) is 2.26. The Morgan fingerprint density at radius 2 is 2.09 bits per heavy atom. The van der Waals surface area contributed by atoms with Crippen LogP contribution < -0.4 is 5.32 Å². The SMILES string of the molecule is C=C1CC(=O)C2(N1)C(C)C2C. The third-order valence-electron chi connectivity index (χ3n) is 3.30. The van der Waals surface area contributed by atoms with Gasteiger partial charge in [0.2, 0.25) is 0 Å². The van der Waals surface area contributed by atoms with Crippen molar-refractivity contribution >= 4 is 5.78 Å². The van der Waals surface area contributed by atoms with E-state index >= 15 is 0 Å². The van der Waals surface area contributed by atoms with Crippen LogP contribution in [0.25, 0.3) is 0 Å². The highest BCUT2D eigenvalue weighted by molar-refractivity contribution is 5.97. The third kappa shape index (κ3) is 0.602. The van der Waals surface area contributed by atoms with Crippen molar-refractivity contribution < 1.29 is 4.79 Å². The molecule has 2 aliphatic rings. The fourth-order valence-electron chi connectivity index (χ4n) is 2.26. The molecular weight excluding hydrogens is 138 g/mol. The maximum atomic E-state index is 11.5. The minimum Gasteiger partial charge on any atom is -0.376 e. The first-order chi connectivity index (χ1) is 5.09. The number of hydrogen-bond donors (Lipinski definition) is 1. The zero-order chi connectivity index (χ0) is 8.22. The van der Waals surface area contributed by atoms with E-state index in [2.05, 4.69) is 25.7 Å². The number of carbonyl (C=O) groups excluding carboxylic acids is 1. The molecule has 0 aromatic heterocycles. The van der Waals surface area contributed by atoms with Crippen molar-refractivity contribution in [1.29, 1.82) is 0 Å². The predicted molar refractivity (Wildman–Crippen MR) is 43.0 cm³/mol. The number of nitrogens with one attached hydrogen (secondary N) is 1. The second kappa shape index (κ2) is 1.68. The van der Waals surface area contributed by atoms with Gasteiger partial charge in [0.15, 0.2) is 5.78 Å². The fraction of sp³-hybridized carbons (Fsp3) is 0.667. The minimum absolute atomic E-state index is 0.197. The van der Waals surface area contributed by atoms with Crippen LogP contribution >= 0.6 is 0 Å². The van der Waals surface area contributed by atoms with E-state index in [0.29, 0.717) is 24.0 Å². The van der Waals surface area contributed by atoms with E-state index in [1.165, 1.54) is 0 Å². The highest BCUT2D eigenvalue weighted by Crippen LogP contribution is 2.54. The molecule has 1 aliphatic heterocycles. The summed E-state index contributed by atoms with van der Waals surface area (Å²) in [4.78, 5) is 11.5. The highest BCUT2D eigenvalue weighted by atomic mass is 16.1. The summed E-state index contributed by atoms with van der Waals surface area (Å²) >= 11 is 0. The summed E-state index contributed by atoms with van der Waals surface area (Å²) in [5.41, 5.74) is 0.697. The average Bonchev–Trinajstić information content (AvgIpc) is 2.36. The Morgan fingerprint density at radius 3 is 2.27 bits per heavy atom. The van der Waals surface area contributed by atoms with Crippen molar-refractivity contribution in [2.24, 2.45) is 11.8 Å². The molecule has 1 saturated heterocycles. The number of ketones is 1. The molecule has 60 valence electrons. The number of hydrogen-bond acceptors (Lipinski definition) is 2. The molecule has 1 spiro atoms. The Labute approximate surface area is 66.7 Å². The first kappa shape index (κ1) is 6.89. The molecule has 2 fully saturated rings. The first-order valence-corrected chi connectivity index (χ1v) is 4.08. The van der Waals surface area contributed by atoms with Crippen LogP contribution in [0.4, 0.5) is 0 Å². The predicted octanol–water partition coefficient (Wildman–Crippen LogP) is 1.09. The zero-order valence-corrected chi connectivity index (χ0v) is 6.98. The van der Waals surface area contributed by atoms with Crippen molar-refractivity contribution in [1.82, 2.24) is 5.32 Å². The van der Waals surface area contributed by atoms with Crippen LogP contribution in [0, 0.1) is 11.8 Å². The summed E-state index contributed by atoms with van der Waals surface area (Å²) in [5.74, 6) is 1.32. The van der Waals surface area contributed by atoms with Gasteiger partial charge >= 0.3 is 0 Å². The molecule has 0 bridgehead atoms. The van der Waals surface area contributed by atoms with Crippen molar-refractivity contribution in [2.45, 2.75) is 25.8 Å². The van der Waals surface area contributed by atoms with Crippen LogP contribution in [0.1, 0.15) is 20.3 Å². The van der Waals surface area contributed by atoms with E-state index in [1.54, 1.807) is 0 Å². The lowest BCUT2D eigenvalue weighted by molar-refractivity contribution is -0.120. The normalized spacial score (nSPS) is 48.2. The zero-order valence-electron chi connectivity index (χ0n) is 6.98. The Kier molecular flexibility index (Phi) is 1.05. The molecule has 0 amide bonds. The smallest absolute Gasteiger partial charge is 0.164 e. The van der Waals surface area contributed by atoms with Crippen molar-refractivity contribution in [3.63, 3.8) is 0 Å². The van der Waals surface area contributed by atoms with Gasteiger partial charge in [0.05, 0.1) is 0 Å². The largest absolute Gasteiger partial charge is 0.376 e.